The third-order valence-electron chi connectivity index (χ3n) is 4.22. The fourth-order valence-corrected chi connectivity index (χ4v) is 3.19. The van der Waals surface area contributed by atoms with Gasteiger partial charge in [-0.05, 0) is 30.0 Å². The molecule has 19 heavy (non-hydrogen) atoms. The Morgan fingerprint density at radius 1 is 1.26 bits per heavy atom. The van der Waals surface area contributed by atoms with Crippen molar-refractivity contribution >= 4 is 0 Å². The summed E-state index contributed by atoms with van der Waals surface area (Å²) in [6, 6.07) is 9.08. The highest BCUT2D eigenvalue weighted by molar-refractivity contribution is 5.36. The predicted molar refractivity (Wildman–Crippen MR) is 75.4 cm³/mol. The maximum atomic E-state index is 6.23. The van der Waals surface area contributed by atoms with Crippen LogP contribution in [0.2, 0.25) is 0 Å². The summed E-state index contributed by atoms with van der Waals surface area (Å²) in [5.74, 6) is 0.567. The summed E-state index contributed by atoms with van der Waals surface area (Å²) in [6.07, 6.45) is 1.65. The molecule has 3 heteroatoms. The van der Waals surface area contributed by atoms with Crippen molar-refractivity contribution in [3.8, 4) is 0 Å². The van der Waals surface area contributed by atoms with Gasteiger partial charge in [0, 0.05) is 0 Å². The van der Waals surface area contributed by atoms with Crippen LogP contribution in [0.3, 0.4) is 0 Å². The number of benzene rings is 1. The van der Waals surface area contributed by atoms with Crippen LogP contribution in [0.25, 0.3) is 0 Å². The number of ether oxygens (including phenoxy) is 2. The lowest BCUT2D eigenvalue weighted by Crippen LogP contribution is -2.45. The monoisotopic (exact) mass is 261 g/mol. The van der Waals surface area contributed by atoms with E-state index in [9.17, 15) is 0 Å². The van der Waals surface area contributed by atoms with Gasteiger partial charge in [-0.2, -0.15) is 0 Å². The van der Waals surface area contributed by atoms with Gasteiger partial charge in [0.25, 0.3) is 0 Å². The van der Waals surface area contributed by atoms with Crippen LogP contribution < -0.4 is 5.32 Å². The quantitative estimate of drug-likeness (QED) is 0.904. The smallest absolute Gasteiger partial charge is 0.105 e. The van der Waals surface area contributed by atoms with E-state index in [0.717, 1.165) is 26.2 Å². The molecule has 1 fully saturated rings. The van der Waals surface area contributed by atoms with Crippen molar-refractivity contribution in [2.45, 2.75) is 44.4 Å². The molecule has 1 aliphatic heterocycles. The van der Waals surface area contributed by atoms with Crippen LogP contribution in [-0.4, -0.2) is 32.0 Å². The van der Waals surface area contributed by atoms with Gasteiger partial charge in [-0.15, -0.1) is 0 Å². The Hall–Kier alpha value is -0.900. The van der Waals surface area contributed by atoms with Gasteiger partial charge in [-0.1, -0.05) is 38.1 Å². The maximum absolute atomic E-state index is 6.23. The lowest BCUT2D eigenvalue weighted by atomic mass is 9.79. The molecule has 3 nitrogen and oxygen atoms in total. The second-order valence-electron chi connectivity index (χ2n) is 5.64. The SMILES string of the molecule is CCNC1c2ccccc2C(C)CC1OC1COC1. The van der Waals surface area contributed by atoms with Gasteiger partial charge in [0.2, 0.25) is 0 Å². The topological polar surface area (TPSA) is 30.5 Å². The molecular formula is C16H23NO2. The Balaban J connectivity index is 1.84. The van der Waals surface area contributed by atoms with E-state index in [1.54, 1.807) is 0 Å². The van der Waals surface area contributed by atoms with E-state index < -0.39 is 0 Å². The Morgan fingerprint density at radius 3 is 2.63 bits per heavy atom. The second-order valence-corrected chi connectivity index (χ2v) is 5.64. The second kappa shape index (κ2) is 5.61. The highest BCUT2D eigenvalue weighted by Crippen LogP contribution is 2.39. The number of rotatable bonds is 4. The zero-order valence-electron chi connectivity index (χ0n) is 11.8. The molecular weight excluding hydrogens is 238 g/mol. The first-order valence-corrected chi connectivity index (χ1v) is 7.35. The van der Waals surface area contributed by atoms with E-state index in [4.69, 9.17) is 9.47 Å². The lowest BCUT2D eigenvalue weighted by molar-refractivity contribution is -0.164. The molecule has 0 radical (unpaired) electrons. The molecule has 1 N–H and O–H groups in total. The minimum absolute atomic E-state index is 0.263. The van der Waals surface area contributed by atoms with E-state index in [0.29, 0.717) is 18.1 Å². The van der Waals surface area contributed by atoms with Gasteiger partial charge in [0.05, 0.1) is 25.4 Å². The lowest BCUT2D eigenvalue weighted by Gasteiger charge is -2.40. The fraction of sp³-hybridized carbons (Fsp3) is 0.625. The van der Waals surface area contributed by atoms with Gasteiger partial charge in [-0.3, -0.25) is 0 Å². The molecule has 3 atom stereocenters. The average molecular weight is 261 g/mol. The molecule has 0 spiro atoms. The molecule has 1 aromatic rings. The summed E-state index contributed by atoms with van der Waals surface area (Å²) in [5.41, 5.74) is 2.88. The standard InChI is InChI=1S/C16H23NO2/c1-3-17-16-14-7-5-4-6-13(14)11(2)8-15(16)19-12-9-18-10-12/h4-7,11-12,15-17H,3,8-10H2,1-2H3. The van der Waals surface area contributed by atoms with Gasteiger partial charge >= 0.3 is 0 Å². The molecule has 1 aliphatic carbocycles. The highest BCUT2D eigenvalue weighted by atomic mass is 16.6. The van der Waals surface area contributed by atoms with E-state index >= 15 is 0 Å². The van der Waals surface area contributed by atoms with E-state index in [-0.39, 0.29) is 6.10 Å². The van der Waals surface area contributed by atoms with Crippen molar-refractivity contribution in [3.63, 3.8) is 0 Å². The molecule has 1 aromatic carbocycles. The van der Waals surface area contributed by atoms with E-state index in [1.165, 1.54) is 11.1 Å². The molecule has 0 bridgehead atoms. The van der Waals surface area contributed by atoms with Crippen molar-refractivity contribution in [3.05, 3.63) is 35.4 Å². The zero-order chi connectivity index (χ0) is 13.2. The van der Waals surface area contributed by atoms with E-state index in [2.05, 4.69) is 43.4 Å². The molecule has 104 valence electrons. The zero-order valence-corrected chi connectivity index (χ0v) is 11.8. The van der Waals surface area contributed by atoms with Crippen molar-refractivity contribution < 1.29 is 9.47 Å². The fourth-order valence-electron chi connectivity index (χ4n) is 3.19. The van der Waals surface area contributed by atoms with Gasteiger partial charge in [0.1, 0.15) is 6.10 Å². The molecule has 3 rings (SSSR count). The van der Waals surface area contributed by atoms with Crippen molar-refractivity contribution in [2.24, 2.45) is 0 Å². The van der Waals surface area contributed by atoms with Crippen LogP contribution in [0, 0.1) is 0 Å². The minimum Gasteiger partial charge on any atom is -0.376 e. The maximum Gasteiger partial charge on any atom is 0.105 e. The Labute approximate surface area is 115 Å². The summed E-state index contributed by atoms with van der Waals surface area (Å²) >= 11 is 0. The van der Waals surface area contributed by atoms with Crippen LogP contribution in [0.15, 0.2) is 24.3 Å². The molecule has 1 saturated heterocycles. The van der Waals surface area contributed by atoms with Crippen LogP contribution in [0.4, 0.5) is 0 Å². The summed E-state index contributed by atoms with van der Waals surface area (Å²) in [5, 5.41) is 3.60. The summed E-state index contributed by atoms with van der Waals surface area (Å²) < 4.78 is 11.5. The number of hydrogen-bond donors (Lipinski definition) is 1. The third kappa shape index (κ3) is 2.55. The van der Waals surface area contributed by atoms with Crippen LogP contribution in [0.1, 0.15) is 43.4 Å². The molecule has 2 aliphatic rings. The Bertz CT molecular complexity index is 431. The molecule has 1 heterocycles. The number of fused-ring (bicyclic) bond motifs is 1. The highest BCUT2D eigenvalue weighted by Gasteiger charge is 2.35. The first-order valence-electron chi connectivity index (χ1n) is 7.35. The van der Waals surface area contributed by atoms with Gasteiger partial charge in [0.15, 0.2) is 0 Å². The van der Waals surface area contributed by atoms with Crippen LogP contribution in [0.5, 0.6) is 0 Å². The van der Waals surface area contributed by atoms with Crippen molar-refractivity contribution in [2.75, 3.05) is 19.8 Å². The first-order chi connectivity index (χ1) is 9.29. The predicted octanol–water partition coefficient (Wildman–Crippen LogP) is 2.63. The normalized spacial score (nSPS) is 30.7. The summed E-state index contributed by atoms with van der Waals surface area (Å²) in [6.45, 7) is 6.93. The van der Waals surface area contributed by atoms with Crippen LogP contribution >= 0.6 is 0 Å². The average Bonchev–Trinajstić information content (AvgIpc) is 2.38. The van der Waals surface area contributed by atoms with Crippen molar-refractivity contribution in [1.82, 2.24) is 5.32 Å². The van der Waals surface area contributed by atoms with Crippen LogP contribution in [-0.2, 0) is 9.47 Å². The molecule has 0 amide bonds. The third-order valence-corrected chi connectivity index (χ3v) is 4.22. The Kier molecular flexibility index (Phi) is 3.87. The molecule has 0 aromatic heterocycles. The van der Waals surface area contributed by atoms with Gasteiger partial charge < -0.3 is 14.8 Å². The molecule has 3 unspecified atom stereocenters. The Morgan fingerprint density at radius 2 is 2.00 bits per heavy atom. The minimum atomic E-state index is 0.263. The van der Waals surface area contributed by atoms with Crippen molar-refractivity contribution in [1.29, 1.82) is 0 Å². The molecule has 0 saturated carbocycles. The summed E-state index contributed by atoms with van der Waals surface area (Å²) in [7, 11) is 0. The first kappa shape index (κ1) is 13.1. The summed E-state index contributed by atoms with van der Waals surface area (Å²) in [4.78, 5) is 0. The number of nitrogens with one attached hydrogen (secondary N) is 1. The number of hydrogen-bond acceptors (Lipinski definition) is 3. The number of likely N-dealkylation sites (N-methyl/N-ethyl adjacent to an activating group) is 1. The van der Waals surface area contributed by atoms with E-state index in [1.807, 2.05) is 0 Å². The van der Waals surface area contributed by atoms with Gasteiger partial charge in [-0.25, -0.2) is 0 Å². The largest absolute Gasteiger partial charge is 0.376 e.